The summed E-state index contributed by atoms with van der Waals surface area (Å²) < 4.78 is 0. The van der Waals surface area contributed by atoms with Crippen LogP contribution in [0.3, 0.4) is 0 Å². The molecule has 0 spiro atoms. The zero-order valence-corrected chi connectivity index (χ0v) is 10.2. The van der Waals surface area contributed by atoms with Crippen molar-refractivity contribution in [3.8, 4) is 0 Å². The van der Waals surface area contributed by atoms with E-state index in [1.54, 1.807) is 0 Å². The zero-order valence-electron chi connectivity index (χ0n) is 10.2. The van der Waals surface area contributed by atoms with E-state index < -0.39 is 0 Å². The summed E-state index contributed by atoms with van der Waals surface area (Å²) in [4.78, 5) is 0. The molecule has 0 aromatic carbocycles. The highest BCUT2D eigenvalue weighted by atomic mass is 14.6. The molecule has 1 aliphatic carbocycles. The molecule has 1 saturated carbocycles. The Balaban J connectivity index is 2.35. The fourth-order valence-corrected chi connectivity index (χ4v) is 2.56. The van der Waals surface area contributed by atoms with Crippen molar-refractivity contribution in [1.29, 1.82) is 0 Å². The molecule has 4 unspecified atom stereocenters. The second-order valence-corrected chi connectivity index (χ2v) is 5.82. The van der Waals surface area contributed by atoms with Crippen LogP contribution in [0.4, 0.5) is 0 Å². The van der Waals surface area contributed by atoms with Crippen molar-refractivity contribution in [2.45, 2.75) is 54.4 Å². The van der Waals surface area contributed by atoms with E-state index >= 15 is 0 Å². The standard InChI is InChI=1S/C13H26/c1-7-9(2)10(3)8-12-11(4)13(12,5)6/h9-12H,7-8H2,1-6H3. The molecule has 4 atom stereocenters. The fraction of sp³-hybridized carbons (Fsp3) is 1.00. The molecule has 1 fully saturated rings. The smallest absolute Gasteiger partial charge is 0.0295 e. The maximum atomic E-state index is 2.43. The van der Waals surface area contributed by atoms with Gasteiger partial charge in [0, 0.05) is 0 Å². The van der Waals surface area contributed by atoms with Crippen molar-refractivity contribution >= 4 is 0 Å². The lowest BCUT2D eigenvalue weighted by molar-refractivity contribution is 0.321. The molecule has 0 aromatic heterocycles. The summed E-state index contributed by atoms with van der Waals surface area (Å²) in [5.41, 5.74) is 0.641. The summed E-state index contributed by atoms with van der Waals surface area (Å²) >= 11 is 0. The normalized spacial score (nSPS) is 35.5. The van der Waals surface area contributed by atoms with Gasteiger partial charge in [-0.15, -0.1) is 0 Å². The summed E-state index contributed by atoms with van der Waals surface area (Å²) in [6.45, 7) is 14.4. The second kappa shape index (κ2) is 3.63. The molecule has 0 radical (unpaired) electrons. The van der Waals surface area contributed by atoms with E-state index in [0.29, 0.717) is 5.41 Å². The highest BCUT2D eigenvalue weighted by Crippen LogP contribution is 2.60. The molecular weight excluding hydrogens is 156 g/mol. The van der Waals surface area contributed by atoms with Gasteiger partial charge in [-0.1, -0.05) is 48.0 Å². The van der Waals surface area contributed by atoms with Gasteiger partial charge in [0.05, 0.1) is 0 Å². The van der Waals surface area contributed by atoms with Gasteiger partial charge in [-0.3, -0.25) is 0 Å². The fourth-order valence-electron chi connectivity index (χ4n) is 2.56. The number of rotatable bonds is 4. The van der Waals surface area contributed by atoms with E-state index in [4.69, 9.17) is 0 Å². The predicted molar refractivity (Wildman–Crippen MR) is 59.7 cm³/mol. The van der Waals surface area contributed by atoms with Crippen molar-refractivity contribution in [3.63, 3.8) is 0 Å². The summed E-state index contributed by atoms with van der Waals surface area (Å²) in [6.07, 6.45) is 2.78. The molecule has 0 saturated heterocycles. The molecule has 13 heavy (non-hydrogen) atoms. The molecule has 0 N–H and O–H groups in total. The minimum Gasteiger partial charge on any atom is -0.0651 e. The maximum Gasteiger partial charge on any atom is -0.0295 e. The van der Waals surface area contributed by atoms with Crippen LogP contribution in [0.15, 0.2) is 0 Å². The third-order valence-corrected chi connectivity index (χ3v) is 4.86. The predicted octanol–water partition coefficient (Wildman–Crippen LogP) is 4.35. The Bertz CT molecular complexity index is 169. The van der Waals surface area contributed by atoms with Crippen LogP contribution < -0.4 is 0 Å². The van der Waals surface area contributed by atoms with Gasteiger partial charge in [0.2, 0.25) is 0 Å². The average molecular weight is 182 g/mol. The van der Waals surface area contributed by atoms with Crippen molar-refractivity contribution < 1.29 is 0 Å². The molecule has 78 valence electrons. The van der Waals surface area contributed by atoms with Crippen LogP contribution in [0.25, 0.3) is 0 Å². The van der Waals surface area contributed by atoms with Crippen molar-refractivity contribution in [2.24, 2.45) is 29.1 Å². The van der Waals surface area contributed by atoms with Crippen molar-refractivity contribution in [1.82, 2.24) is 0 Å². The van der Waals surface area contributed by atoms with E-state index in [0.717, 1.165) is 23.7 Å². The van der Waals surface area contributed by atoms with Crippen molar-refractivity contribution in [3.05, 3.63) is 0 Å². The van der Waals surface area contributed by atoms with E-state index in [1.165, 1.54) is 12.8 Å². The lowest BCUT2D eigenvalue weighted by Gasteiger charge is -2.18. The summed E-state index contributed by atoms with van der Waals surface area (Å²) in [7, 11) is 0. The Labute approximate surface area is 84.1 Å². The van der Waals surface area contributed by atoms with Crippen LogP contribution in [0.2, 0.25) is 0 Å². The first-order chi connectivity index (χ1) is 5.91. The van der Waals surface area contributed by atoms with Crippen LogP contribution in [0.5, 0.6) is 0 Å². The van der Waals surface area contributed by atoms with Crippen LogP contribution >= 0.6 is 0 Å². The Morgan fingerprint density at radius 3 is 1.92 bits per heavy atom. The summed E-state index contributed by atoms with van der Waals surface area (Å²) in [5.74, 6) is 3.78. The Morgan fingerprint density at radius 1 is 1.15 bits per heavy atom. The van der Waals surface area contributed by atoms with Gasteiger partial charge in [-0.25, -0.2) is 0 Å². The van der Waals surface area contributed by atoms with Gasteiger partial charge in [0.25, 0.3) is 0 Å². The highest BCUT2D eigenvalue weighted by molar-refractivity contribution is 5.02. The molecule has 0 aliphatic heterocycles. The van der Waals surface area contributed by atoms with Gasteiger partial charge in [0.1, 0.15) is 0 Å². The molecule has 0 nitrogen and oxygen atoms in total. The molecule has 1 aliphatic rings. The largest absolute Gasteiger partial charge is 0.0651 e. The molecule has 0 heterocycles. The van der Waals surface area contributed by atoms with E-state index in [-0.39, 0.29) is 0 Å². The Kier molecular flexibility index (Phi) is 3.09. The van der Waals surface area contributed by atoms with E-state index in [9.17, 15) is 0 Å². The molecular formula is C13H26. The van der Waals surface area contributed by atoms with Crippen LogP contribution in [0, 0.1) is 29.1 Å². The Hall–Kier alpha value is 0. The number of hydrogen-bond donors (Lipinski definition) is 0. The Morgan fingerprint density at radius 2 is 1.62 bits per heavy atom. The summed E-state index contributed by atoms with van der Waals surface area (Å²) in [6, 6.07) is 0. The molecule has 0 bridgehead atoms. The summed E-state index contributed by atoms with van der Waals surface area (Å²) in [5, 5.41) is 0. The van der Waals surface area contributed by atoms with Crippen molar-refractivity contribution in [2.75, 3.05) is 0 Å². The first-order valence-electron chi connectivity index (χ1n) is 5.91. The van der Waals surface area contributed by atoms with Gasteiger partial charge in [-0.2, -0.15) is 0 Å². The van der Waals surface area contributed by atoms with Gasteiger partial charge in [0.15, 0.2) is 0 Å². The number of hydrogen-bond acceptors (Lipinski definition) is 0. The molecule has 0 amide bonds. The lowest BCUT2D eigenvalue weighted by Crippen LogP contribution is -2.09. The van der Waals surface area contributed by atoms with Crippen LogP contribution in [-0.4, -0.2) is 0 Å². The molecule has 0 aromatic rings. The van der Waals surface area contributed by atoms with Crippen LogP contribution in [0.1, 0.15) is 54.4 Å². The minimum atomic E-state index is 0.641. The highest BCUT2D eigenvalue weighted by Gasteiger charge is 2.54. The monoisotopic (exact) mass is 182 g/mol. The van der Waals surface area contributed by atoms with Gasteiger partial charge < -0.3 is 0 Å². The third-order valence-electron chi connectivity index (χ3n) is 4.86. The average Bonchev–Trinajstić information content (AvgIpc) is 2.53. The maximum absolute atomic E-state index is 2.43. The SMILES string of the molecule is CCC(C)C(C)CC1C(C)C1(C)C. The van der Waals surface area contributed by atoms with E-state index in [1.807, 2.05) is 0 Å². The minimum absolute atomic E-state index is 0.641. The first kappa shape index (κ1) is 11.1. The zero-order chi connectivity index (χ0) is 10.2. The first-order valence-corrected chi connectivity index (χ1v) is 5.91. The van der Waals surface area contributed by atoms with E-state index in [2.05, 4.69) is 41.5 Å². The second-order valence-electron chi connectivity index (χ2n) is 5.82. The topological polar surface area (TPSA) is 0 Å². The quantitative estimate of drug-likeness (QED) is 0.606. The van der Waals surface area contributed by atoms with Gasteiger partial charge in [-0.05, 0) is 35.5 Å². The van der Waals surface area contributed by atoms with Crippen LogP contribution in [-0.2, 0) is 0 Å². The lowest BCUT2D eigenvalue weighted by atomic mass is 9.87. The van der Waals surface area contributed by atoms with Gasteiger partial charge >= 0.3 is 0 Å². The molecule has 1 rings (SSSR count). The third kappa shape index (κ3) is 2.08. The molecule has 0 heteroatoms.